The molecule has 0 radical (unpaired) electrons. The van der Waals surface area contributed by atoms with Gasteiger partial charge in [-0.05, 0) is 33.1 Å². The molecule has 0 aliphatic rings. The molecule has 0 aliphatic carbocycles. The number of methoxy groups -OCH3 is 1. The molecule has 1 aromatic heterocycles. The van der Waals surface area contributed by atoms with E-state index in [-0.39, 0.29) is 6.42 Å². The summed E-state index contributed by atoms with van der Waals surface area (Å²) in [5, 5.41) is 2.65. The molecule has 2 aromatic rings. The van der Waals surface area contributed by atoms with E-state index in [1.165, 1.54) is 7.11 Å². The van der Waals surface area contributed by atoms with Crippen LogP contribution in [0.5, 0.6) is 0 Å². The fraction of sp³-hybridized carbons (Fsp3) is 0.235. The third-order valence-corrected chi connectivity index (χ3v) is 4.21. The quantitative estimate of drug-likeness (QED) is 0.702. The Kier molecular flexibility index (Phi) is 6.45. The Bertz CT molecular complexity index is 709. The number of hydrogen-bond donors (Lipinski definition) is 2. The molecule has 3 N–H and O–H groups in total. The van der Waals surface area contributed by atoms with Crippen molar-refractivity contribution in [3.63, 3.8) is 0 Å². The van der Waals surface area contributed by atoms with Gasteiger partial charge < -0.3 is 15.8 Å². The smallest absolute Gasteiger partial charge is 0.254 e. The molecule has 7 heteroatoms. The van der Waals surface area contributed by atoms with E-state index < -0.39 is 24.0 Å². The van der Waals surface area contributed by atoms with Crippen molar-refractivity contribution in [2.75, 3.05) is 7.11 Å². The van der Waals surface area contributed by atoms with Crippen LogP contribution in [0.1, 0.15) is 17.2 Å². The maximum atomic E-state index is 12.5. The zero-order chi connectivity index (χ0) is 17.5. The summed E-state index contributed by atoms with van der Waals surface area (Å²) < 4.78 is 5.88. The van der Waals surface area contributed by atoms with Crippen LogP contribution in [0.15, 0.2) is 53.3 Å². The highest BCUT2D eigenvalue weighted by Crippen LogP contribution is 2.18. The monoisotopic (exact) mass is 391 g/mol. The van der Waals surface area contributed by atoms with Gasteiger partial charge in [0.05, 0.1) is 0 Å². The van der Waals surface area contributed by atoms with Crippen LogP contribution in [0, 0.1) is 0 Å². The fourth-order valence-corrected chi connectivity index (χ4v) is 2.70. The summed E-state index contributed by atoms with van der Waals surface area (Å²) in [6.45, 7) is 0. The molecular weight excluding hydrogens is 374 g/mol. The molecule has 0 saturated carbocycles. The number of hydrogen-bond acceptors (Lipinski definition) is 4. The molecule has 1 heterocycles. The zero-order valence-electron chi connectivity index (χ0n) is 13.1. The van der Waals surface area contributed by atoms with E-state index >= 15 is 0 Å². The van der Waals surface area contributed by atoms with Crippen LogP contribution in [-0.4, -0.2) is 29.9 Å². The Morgan fingerprint density at radius 1 is 1.25 bits per heavy atom. The van der Waals surface area contributed by atoms with Crippen molar-refractivity contribution >= 4 is 27.7 Å². The number of carbonyl (C=O) groups is 2. The van der Waals surface area contributed by atoms with Crippen LogP contribution in [0.4, 0.5) is 0 Å². The topological polar surface area (TPSA) is 94.3 Å². The van der Waals surface area contributed by atoms with E-state index in [0.717, 1.165) is 5.56 Å². The SMILES string of the molecule is CO[C@H](C(=O)N[C@@H](Cc1cccnc1Br)C(N)=O)c1ccccc1. The Morgan fingerprint density at radius 3 is 2.54 bits per heavy atom. The van der Waals surface area contributed by atoms with Gasteiger partial charge in [0, 0.05) is 19.7 Å². The second-order valence-electron chi connectivity index (χ2n) is 5.15. The van der Waals surface area contributed by atoms with Crippen LogP contribution in [0.3, 0.4) is 0 Å². The van der Waals surface area contributed by atoms with E-state index in [1.807, 2.05) is 24.3 Å². The number of halogens is 1. The highest BCUT2D eigenvalue weighted by molar-refractivity contribution is 9.10. The van der Waals surface area contributed by atoms with Crippen molar-refractivity contribution in [1.82, 2.24) is 10.3 Å². The average molecular weight is 392 g/mol. The van der Waals surface area contributed by atoms with E-state index in [2.05, 4.69) is 26.2 Å². The predicted octanol–water partition coefficient (Wildman–Crippen LogP) is 1.74. The number of primary amides is 1. The van der Waals surface area contributed by atoms with Crippen molar-refractivity contribution in [2.24, 2.45) is 5.73 Å². The van der Waals surface area contributed by atoms with Gasteiger partial charge in [0.1, 0.15) is 10.6 Å². The summed E-state index contributed by atoms with van der Waals surface area (Å²) in [5.74, 6) is -1.05. The van der Waals surface area contributed by atoms with Gasteiger partial charge in [-0.3, -0.25) is 9.59 Å². The number of nitrogens with one attached hydrogen (secondary N) is 1. The predicted molar refractivity (Wildman–Crippen MR) is 93.0 cm³/mol. The maximum Gasteiger partial charge on any atom is 0.254 e. The molecule has 1 aromatic carbocycles. The Hall–Kier alpha value is -2.25. The van der Waals surface area contributed by atoms with Gasteiger partial charge in [-0.1, -0.05) is 36.4 Å². The van der Waals surface area contributed by atoms with Gasteiger partial charge in [0.2, 0.25) is 5.91 Å². The maximum absolute atomic E-state index is 12.5. The lowest BCUT2D eigenvalue weighted by atomic mass is 10.1. The van der Waals surface area contributed by atoms with Gasteiger partial charge in [-0.25, -0.2) is 4.98 Å². The third kappa shape index (κ3) is 4.62. The number of ether oxygens (including phenoxy) is 1. The van der Waals surface area contributed by atoms with Crippen LogP contribution in [-0.2, 0) is 20.7 Å². The zero-order valence-corrected chi connectivity index (χ0v) is 14.7. The molecule has 0 aliphatic heterocycles. The lowest BCUT2D eigenvalue weighted by molar-refractivity contribution is -0.134. The van der Waals surface area contributed by atoms with Crippen LogP contribution >= 0.6 is 15.9 Å². The lowest BCUT2D eigenvalue weighted by Gasteiger charge is -2.20. The second kappa shape index (κ2) is 8.56. The van der Waals surface area contributed by atoms with Crippen molar-refractivity contribution < 1.29 is 14.3 Å². The largest absolute Gasteiger partial charge is 0.368 e. The molecule has 24 heavy (non-hydrogen) atoms. The number of nitrogens with zero attached hydrogens (tertiary/aromatic N) is 1. The van der Waals surface area contributed by atoms with Crippen LogP contribution in [0.2, 0.25) is 0 Å². The van der Waals surface area contributed by atoms with E-state index in [0.29, 0.717) is 10.2 Å². The highest BCUT2D eigenvalue weighted by Gasteiger charge is 2.26. The Morgan fingerprint density at radius 2 is 1.96 bits per heavy atom. The summed E-state index contributed by atoms with van der Waals surface area (Å²) in [6.07, 6.45) is 1.05. The summed E-state index contributed by atoms with van der Waals surface area (Å²) in [7, 11) is 1.44. The minimum Gasteiger partial charge on any atom is -0.368 e. The summed E-state index contributed by atoms with van der Waals surface area (Å²) >= 11 is 3.32. The first-order valence-corrected chi connectivity index (χ1v) is 8.09. The molecule has 2 amide bonds. The molecule has 0 saturated heterocycles. The number of rotatable bonds is 7. The average Bonchev–Trinajstić information content (AvgIpc) is 2.57. The van der Waals surface area contributed by atoms with Crippen LogP contribution < -0.4 is 11.1 Å². The van der Waals surface area contributed by atoms with Gasteiger partial charge in [0.15, 0.2) is 6.10 Å². The normalized spacial score (nSPS) is 13.1. The number of nitrogens with two attached hydrogens (primary N) is 1. The first kappa shape index (κ1) is 18.1. The lowest BCUT2D eigenvalue weighted by Crippen LogP contribution is -2.47. The minimum atomic E-state index is -0.862. The first-order chi connectivity index (χ1) is 11.5. The molecule has 0 spiro atoms. The molecule has 0 fully saturated rings. The van der Waals surface area contributed by atoms with Crippen molar-refractivity contribution in [3.8, 4) is 0 Å². The van der Waals surface area contributed by atoms with Gasteiger partial charge in [-0.2, -0.15) is 0 Å². The molecule has 0 bridgehead atoms. The number of pyridine rings is 1. The number of aromatic nitrogens is 1. The summed E-state index contributed by atoms with van der Waals surface area (Å²) in [5.41, 5.74) is 6.90. The van der Waals surface area contributed by atoms with Gasteiger partial charge in [0.25, 0.3) is 5.91 Å². The second-order valence-corrected chi connectivity index (χ2v) is 5.90. The number of carbonyl (C=O) groups excluding carboxylic acids is 2. The van der Waals surface area contributed by atoms with E-state index in [4.69, 9.17) is 10.5 Å². The molecule has 6 nitrogen and oxygen atoms in total. The minimum absolute atomic E-state index is 0.237. The van der Waals surface area contributed by atoms with Crippen molar-refractivity contribution in [2.45, 2.75) is 18.6 Å². The van der Waals surface area contributed by atoms with Crippen molar-refractivity contribution in [1.29, 1.82) is 0 Å². The Balaban J connectivity index is 2.13. The third-order valence-electron chi connectivity index (χ3n) is 3.50. The van der Waals surface area contributed by atoms with Gasteiger partial charge in [-0.15, -0.1) is 0 Å². The van der Waals surface area contributed by atoms with E-state index in [1.54, 1.807) is 24.4 Å². The van der Waals surface area contributed by atoms with Crippen molar-refractivity contribution in [3.05, 3.63) is 64.4 Å². The van der Waals surface area contributed by atoms with E-state index in [9.17, 15) is 9.59 Å². The summed E-state index contributed by atoms with van der Waals surface area (Å²) in [4.78, 5) is 28.3. The van der Waals surface area contributed by atoms with Gasteiger partial charge >= 0.3 is 0 Å². The molecule has 0 unspecified atom stereocenters. The Labute approximate surface area is 148 Å². The standard InChI is InChI=1S/C17H18BrN3O3/c1-24-14(11-6-3-2-4-7-11)17(23)21-13(16(19)22)10-12-8-5-9-20-15(12)18/h2-9,13-14H,10H2,1H3,(H2,19,22)(H,21,23)/t13-,14-/m0/s1. The number of benzene rings is 1. The van der Waals surface area contributed by atoms with Crippen LogP contribution in [0.25, 0.3) is 0 Å². The fourth-order valence-electron chi connectivity index (χ4n) is 2.28. The first-order valence-electron chi connectivity index (χ1n) is 7.29. The molecule has 2 rings (SSSR count). The summed E-state index contributed by atoms with van der Waals surface area (Å²) in [6, 6.07) is 11.7. The molecule has 126 valence electrons. The highest BCUT2D eigenvalue weighted by atomic mass is 79.9. The molecule has 2 atom stereocenters. The molecular formula is C17H18BrN3O3. The number of amides is 2.